The van der Waals surface area contributed by atoms with E-state index in [2.05, 4.69) is 6.92 Å². The Morgan fingerprint density at radius 1 is 0.920 bits per heavy atom. The first-order valence-corrected chi connectivity index (χ1v) is 8.57. The first kappa shape index (κ1) is 18.5. The predicted molar refractivity (Wildman–Crippen MR) is 102 cm³/mol. The van der Waals surface area contributed by atoms with Crippen LogP contribution in [0.2, 0.25) is 0 Å². The average Bonchev–Trinajstić information content (AvgIpc) is 2.63. The zero-order valence-electron chi connectivity index (χ0n) is 14.8. The summed E-state index contributed by atoms with van der Waals surface area (Å²) >= 11 is 0. The molecule has 0 unspecified atom stereocenters. The van der Waals surface area contributed by atoms with Crippen LogP contribution in [0.25, 0.3) is 11.1 Å². The molecule has 0 aromatic heterocycles. The van der Waals surface area contributed by atoms with Gasteiger partial charge in [-0.25, -0.2) is 4.79 Å². The molecule has 2 rings (SSSR count). The molecule has 2 aromatic carbocycles. The average molecular weight is 336 g/mol. The summed E-state index contributed by atoms with van der Waals surface area (Å²) in [6.45, 7) is 4.78. The van der Waals surface area contributed by atoms with Crippen LogP contribution in [-0.2, 0) is 4.79 Å². The van der Waals surface area contributed by atoms with E-state index in [1.54, 1.807) is 24.3 Å². The highest BCUT2D eigenvalue weighted by Crippen LogP contribution is 2.24. The van der Waals surface area contributed by atoms with Crippen molar-refractivity contribution >= 4 is 5.97 Å². The number of rotatable bonds is 8. The van der Waals surface area contributed by atoms with E-state index in [0.717, 1.165) is 36.3 Å². The molecule has 0 aliphatic carbocycles. The Kier molecular flexibility index (Phi) is 7.51. The second-order valence-electron chi connectivity index (χ2n) is 5.56. The highest BCUT2D eigenvalue weighted by atomic mass is 16.5. The van der Waals surface area contributed by atoms with Crippen molar-refractivity contribution in [2.75, 3.05) is 6.61 Å². The molecule has 3 nitrogen and oxygen atoms in total. The van der Waals surface area contributed by atoms with Gasteiger partial charge in [0, 0.05) is 6.08 Å². The Hall–Kier alpha value is -2.81. The van der Waals surface area contributed by atoms with Crippen LogP contribution in [0.5, 0.6) is 11.5 Å². The van der Waals surface area contributed by atoms with Crippen LogP contribution >= 0.6 is 0 Å². The Bertz CT molecular complexity index is 710. The maximum atomic E-state index is 11.6. The van der Waals surface area contributed by atoms with E-state index in [1.807, 2.05) is 49.4 Å². The fourth-order valence-electron chi connectivity index (χ4n) is 2.19. The van der Waals surface area contributed by atoms with E-state index in [9.17, 15) is 4.79 Å². The Morgan fingerprint density at radius 2 is 1.52 bits per heavy atom. The third-order valence-corrected chi connectivity index (χ3v) is 3.56. The molecule has 130 valence electrons. The van der Waals surface area contributed by atoms with Gasteiger partial charge in [0.25, 0.3) is 0 Å². The standard InChI is InChI=1S/C22H24O3/c1-3-5-7-8-22(23)25-21-15-11-19(12-16-21)18-9-13-20(14-10-18)24-17-6-4-2/h3,5,7-16H,4,6,17H2,1-2H3/b5-3+,8-7+. The van der Waals surface area contributed by atoms with Crippen molar-refractivity contribution in [3.05, 3.63) is 72.8 Å². The van der Waals surface area contributed by atoms with E-state index in [4.69, 9.17) is 9.47 Å². The van der Waals surface area contributed by atoms with Gasteiger partial charge in [-0.3, -0.25) is 0 Å². The first-order valence-electron chi connectivity index (χ1n) is 8.57. The summed E-state index contributed by atoms with van der Waals surface area (Å²) in [4.78, 5) is 11.6. The fourth-order valence-corrected chi connectivity index (χ4v) is 2.19. The van der Waals surface area contributed by atoms with E-state index in [0.29, 0.717) is 5.75 Å². The van der Waals surface area contributed by atoms with Crippen molar-refractivity contribution in [3.8, 4) is 22.6 Å². The SMILES string of the molecule is C/C=C/C=C/C(=O)Oc1ccc(-c2ccc(OCCCC)cc2)cc1. The molecule has 0 radical (unpaired) electrons. The van der Waals surface area contributed by atoms with Gasteiger partial charge in [0.05, 0.1) is 6.61 Å². The van der Waals surface area contributed by atoms with Gasteiger partial charge in [0.1, 0.15) is 11.5 Å². The second-order valence-corrected chi connectivity index (χ2v) is 5.56. The van der Waals surface area contributed by atoms with Crippen molar-refractivity contribution in [1.82, 2.24) is 0 Å². The minimum Gasteiger partial charge on any atom is -0.494 e. The lowest BCUT2D eigenvalue weighted by molar-refractivity contribution is -0.128. The molecule has 0 saturated carbocycles. The van der Waals surface area contributed by atoms with E-state index >= 15 is 0 Å². The van der Waals surface area contributed by atoms with Gasteiger partial charge in [0.15, 0.2) is 0 Å². The number of carbonyl (C=O) groups is 1. The normalized spacial score (nSPS) is 11.1. The summed E-state index contributed by atoms with van der Waals surface area (Å²) in [6.07, 6.45) is 8.86. The molecular formula is C22H24O3. The summed E-state index contributed by atoms with van der Waals surface area (Å²) in [5, 5.41) is 0. The van der Waals surface area contributed by atoms with Crippen LogP contribution in [0, 0.1) is 0 Å². The summed E-state index contributed by atoms with van der Waals surface area (Å²) in [7, 11) is 0. The van der Waals surface area contributed by atoms with E-state index < -0.39 is 0 Å². The zero-order valence-corrected chi connectivity index (χ0v) is 14.8. The van der Waals surface area contributed by atoms with Gasteiger partial charge in [-0.2, -0.15) is 0 Å². The Morgan fingerprint density at radius 3 is 2.08 bits per heavy atom. The number of hydrogen-bond acceptors (Lipinski definition) is 3. The molecule has 2 aromatic rings. The Balaban J connectivity index is 1.96. The van der Waals surface area contributed by atoms with Gasteiger partial charge >= 0.3 is 5.97 Å². The van der Waals surface area contributed by atoms with Gasteiger partial charge < -0.3 is 9.47 Å². The van der Waals surface area contributed by atoms with Crippen LogP contribution in [-0.4, -0.2) is 12.6 Å². The topological polar surface area (TPSA) is 35.5 Å². The number of benzene rings is 2. The lowest BCUT2D eigenvalue weighted by atomic mass is 10.1. The van der Waals surface area contributed by atoms with Gasteiger partial charge in [-0.15, -0.1) is 0 Å². The number of hydrogen-bond donors (Lipinski definition) is 0. The molecule has 3 heteroatoms. The van der Waals surface area contributed by atoms with Crippen LogP contribution < -0.4 is 9.47 Å². The largest absolute Gasteiger partial charge is 0.494 e. The van der Waals surface area contributed by atoms with Crippen molar-refractivity contribution in [2.45, 2.75) is 26.7 Å². The van der Waals surface area contributed by atoms with Crippen molar-refractivity contribution in [3.63, 3.8) is 0 Å². The third kappa shape index (κ3) is 6.30. The number of unbranched alkanes of at least 4 members (excludes halogenated alkanes) is 1. The van der Waals surface area contributed by atoms with E-state index in [1.165, 1.54) is 6.08 Å². The molecule has 0 aliphatic rings. The van der Waals surface area contributed by atoms with Crippen molar-refractivity contribution in [1.29, 1.82) is 0 Å². The molecule has 0 N–H and O–H groups in total. The van der Waals surface area contributed by atoms with Crippen LogP contribution in [0.3, 0.4) is 0 Å². The lowest BCUT2D eigenvalue weighted by Gasteiger charge is -2.07. The summed E-state index contributed by atoms with van der Waals surface area (Å²) in [5.74, 6) is 1.02. The number of carbonyl (C=O) groups excluding carboxylic acids is 1. The van der Waals surface area contributed by atoms with Crippen LogP contribution in [0.1, 0.15) is 26.7 Å². The smallest absolute Gasteiger partial charge is 0.336 e. The van der Waals surface area contributed by atoms with E-state index in [-0.39, 0.29) is 5.97 Å². The number of ether oxygens (including phenoxy) is 2. The summed E-state index contributed by atoms with van der Waals surface area (Å²) < 4.78 is 10.9. The number of esters is 1. The van der Waals surface area contributed by atoms with Crippen LogP contribution in [0.15, 0.2) is 72.8 Å². The number of allylic oxidation sites excluding steroid dienone is 3. The van der Waals surface area contributed by atoms with Crippen LogP contribution in [0.4, 0.5) is 0 Å². The molecule has 0 amide bonds. The highest BCUT2D eigenvalue weighted by Gasteiger charge is 2.02. The first-order chi connectivity index (χ1) is 12.2. The monoisotopic (exact) mass is 336 g/mol. The molecule has 0 fully saturated rings. The summed E-state index contributed by atoms with van der Waals surface area (Å²) in [6, 6.07) is 15.5. The molecule has 0 spiro atoms. The molecule has 25 heavy (non-hydrogen) atoms. The minimum atomic E-state index is -0.389. The summed E-state index contributed by atoms with van der Waals surface area (Å²) in [5.41, 5.74) is 2.15. The highest BCUT2D eigenvalue weighted by molar-refractivity contribution is 5.84. The second kappa shape index (κ2) is 10.1. The van der Waals surface area contributed by atoms with Gasteiger partial charge in [-0.1, -0.05) is 55.8 Å². The molecule has 0 aliphatic heterocycles. The maximum Gasteiger partial charge on any atom is 0.336 e. The zero-order chi connectivity index (χ0) is 17.9. The predicted octanol–water partition coefficient (Wildman–Crippen LogP) is 5.57. The van der Waals surface area contributed by atoms with Crippen molar-refractivity contribution < 1.29 is 14.3 Å². The van der Waals surface area contributed by atoms with Gasteiger partial charge in [-0.05, 0) is 48.7 Å². The third-order valence-electron chi connectivity index (χ3n) is 3.56. The molecule has 0 saturated heterocycles. The molecular weight excluding hydrogens is 312 g/mol. The molecule has 0 heterocycles. The molecule has 0 atom stereocenters. The lowest BCUT2D eigenvalue weighted by Crippen LogP contribution is -2.03. The maximum absolute atomic E-state index is 11.6. The quantitative estimate of drug-likeness (QED) is 0.208. The van der Waals surface area contributed by atoms with Gasteiger partial charge in [0.2, 0.25) is 0 Å². The minimum absolute atomic E-state index is 0.389. The fraction of sp³-hybridized carbons (Fsp3) is 0.227. The molecule has 0 bridgehead atoms. The van der Waals surface area contributed by atoms with Crippen molar-refractivity contribution in [2.24, 2.45) is 0 Å². The Labute approximate surface area is 149 Å².